The van der Waals surface area contributed by atoms with E-state index >= 15 is 0 Å². The lowest BCUT2D eigenvalue weighted by Crippen LogP contribution is -2.33. The molecule has 5 heteroatoms. The van der Waals surface area contributed by atoms with Gasteiger partial charge in [-0.05, 0) is 12.8 Å². The van der Waals surface area contributed by atoms with Crippen molar-refractivity contribution in [2.45, 2.75) is 44.8 Å². The molecule has 2 N–H and O–H groups in total. The first-order valence-corrected chi connectivity index (χ1v) is 8.06. The molecule has 1 fully saturated rings. The van der Waals surface area contributed by atoms with Crippen molar-refractivity contribution in [3.8, 4) is 0 Å². The van der Waals surface area contributed by atoms with E-state index in [1.165, 1.54) is 12.8 Å². The van der Waals surface area contributed by atoms with Crippen molar-refractivity contribution in [2.24, 2.45) is 0 Å². The first-order valence-electron chi connectivity index (χ1n) is 6.57. The number of aliphatic hydroxyl groups is 1. The van der Waals surface area contributed by atoms with Crippen LogP contribution in [0.25, 0.3) is 0 Å². The van der Waals surface area contributed by atoms with Gasteiger partial charge in [0.25, 0.3) is 0 Å². The Morgan fingerprint density at radius 2 is 2.18 bits per heavy atom. The lowest BCUT2D eigenvalue weighted by atomic mass is 10.3. The SMILES string of the molecule is CCS(=O)CCNCC(O)COC1CCCC1. The Morgan fingerprint density at radius 3 is 2.82 bits per heavy atom. The minimum absolute atomic E-state index is 0.359. The molecular formula is C12H25NO3S. The number of hydrogen-bond acceptors (Lipinski definition) is 4. The number of hydrogen-bond donors (Lipinski definition) is 2. The molecule has 0 radical (unpaired) electrons. The standard InChI is InChI=1S/C12H25NO3S/c1-2-17(15)8-7-13-9-11(14)10-16-12-5-3-4-6-12/h11-14H,2-10H2,1H3. The van der Waals surface area contributed by atoms with Crippen LogP contribution in [0.1, 0.15) is 32.6 Å². The average Bonchev–Trinajstić information content (AvgIpc) is 2.84. The molecule has 1 aliphatic rings. The summed E-state index contributed by atoms with van der Waals surface area (Å²) in [5.41, 5.74) is 0. The van der Waals surface area contributed by atoms with Gasteiger partial charge in [-0.25, -0.2) is 0 Å². The third kappa shape index (κ3) is 7.13. The van der Waals surface area contributed by atoms with E-state index in [2.05, 4.69) is 5.32 Å². The van der Waals surface area contributed by atoms with E-state index in [4.69, 9.17) is 4.74 Å². The van der Waals surface area contributed by atoms with Crippen LogP contribution < -0.4 is 5.32 Å². The molecule has 0 aromatic rings. The lowest BCUT2D eigenvalue weighted by molar-refractivity contribution is -0.00520. The zero-order valence-corrected chi connectivity index (χ0v) is 11.5. The average molecular weight is 263 g/mol. The molecular weight excluding hydrogens is 238 g/mol. The molecule has 1 saturated carbocycles. The summed E-state index contributed by atoms with van der Waals surface area (Å²) in [5, 5.41) is 12.8. The molecule has 0 saturated heterocycles. The third-order valence-electron chi connectivity index (χ3n) is 3.03. The zero-order chi connectivity index (χ0) is 12.5. The summed E-state index contributed by atoms with van der Waals surface area (Å²) in [6.45, 7) is 3.55. The zero-order valence-electron chi connectivity index (χ0n) is 10.7. The second-order valence-electron chi connectivity index (χ2n) is 4.53. The van der Waals surface area contributed by atoms with Crippen LogP contribution in [0.15, 0.2) is 0 Å². The Hall–Kier alpha value is 0.0300. The van der Waals surface area contributed by atoms with Gasteiger partial charge < -0.3 is 15.2 Å². The first kappa shape index (κ1) is 15.1. The molecule has 0 heterocycles. The van der Waals surface area contributed by atoms with Crippen LogP contribution in [0.3, 0.4) is 0 Å². The van der Waals surface area contributed by atoms with Gasteiger partial charge in [-0.2, -0.15) is 0 Å². The van der Waals surface area contributed by atoms with Crippen LogP contribution >= 0.6 is 0 Å². The third-order valence-corrected chi connectivity index (χ3v) is 4.34. The molecule has 0 amide bonds. The molecule has 0 bridgehead atoms. The summed E-state index contributed by atoms with van der Waals surface area (Å²) in [7, 11) is -0.723. The number of nitrogens with one attached hydrogen (secondary N) is 1. The van der Waals surface area contributed by atoms with Gasteiger partial charge in [-0.1, -0.05) is 19.8 Å². The minimum Gasteiger partial charge on any atom is -0.389 e. The van der Waals surface area contributed by atoms with E-state index in [-0.39, 0.29) is 0 Å². The van der Waals surface area contributed by atoms with Gasteiger partial charge in [0.15, 0.2) is 0 Å². The van der Waals surface area contributed by atoms with Gasteiger partial charge in [0.1, 0.15) is 0 Å². The summed E-state index contributed by atoms with van der Waals surface area (Å²) >= 11 is 0. The van der Waals surface area contributed by atoms with Crippen LogP contribution in [-0.2, 0) is 15.5 Å². The van der Waals surface area contributed by atoms with E-state index in [0.29, 0.717) is 37.3 Å². The molecule has 102 valence electrons. The fourth-order valence-corrected chi connectivity index (χ4v) is 2.62. The van der Waals surface area contributed by atoms with Crippen molar-refractivity contribution in [1.29, 1.82) is 0 Å². The molecule has 0 aliphatic heterocycles. The number of rotatable bonds is 9. The molecule has 4 nitrogen and oxygen atoms in total. The van der Waals surface area contributed by atoms with Gasteiger partial charge in [0, 0.05) is 35.4 Å². The van der Waals surface area contributed by atoms with Gasteiger partial charge in [-0.3, -0.25) is 4.21 Å². The predicted molar refractivity (Wildman–Crippen MR) is 70.6 cm³/mol. The van der Waals surface area contributed by atoms with E-state index in [9.17, 15) is 9.32 Å². The van der Waals surface area contributed by atoms with E-state index in [1.54, 1.807) is 0 Å². The van der Waals surface area contributed by atoms with E-state index in [0.717, 1.165) is 12.8 Å². The molecule has 17 heavy (non-hydrogen) atoms. The maximum absolute atomic E-state index is 11.1. The van der Waals surface area contributed by atoms with Gasteiger partial charge in [0.2, 0.25) is 0 Å². The lowest BCUT2D eigenvalue weighted by Gasteiger charge is -2.15. The molecule has 0 aromatic heterocycles. The minimum atomic E-state index is -0.723. The maximum Gasteiger partial charge on any atom is 0.0897 e. The van der Waals surface area contributed by atoms with Crippen molar-refractivity contribution in [3.63, 3.8) is 0 Å². The molecule has 1 aliphatic carbocycles. The van der Waals surface area contributed by atoms with Crippen LogP contribution in [0.2, 0.25) is 0 Å². The first-order chi connectivity index (χ1) is 8.22. The fraction of sp³-hybridized carbons (Fsp3) is 1.00. The van der Waals surface area contributed by atoms with Crippen LogP contribution in [0.5, 0.6) is 0 Å². The molecule has 1 rings (SSSR count). The Balaban J connectivity index is 1.93. The maximum atomic E-state index is 11.1. The van der Waals surface area contributed by atoms with Crippen molar-refractivity contribution in [1.82, 2.24) is 5.32 Å². The van der Waals surface area contributed by atoms with Gasteiger partial charge >= 0.3 is 0 Å². The molecule has 0 spiro atoms. The Bertz CT molecular complexity index is 220. The van der Waals surface area contributed by atoms with Crippen molar-refractivity contribution < 1.29 is 14.1 Å². The highest BCUT2D eigenvalue weighted by Crippen LogP contribution is 2.20. The second kappa shape index (κ2) is 9.03. The van der Waals surface area contributed by atoms with E-state index in [1.807, 2.05) is 6.92 Å². The fourth-order valence-electron chi connectivity index (χ4n) is 1.96. The largest absolute Gasteiger partial charge is 0.389 e. The summed E-state index contributed by atoms with van der Waals surface area (Å²) in [4.78, 5) is 0. The normalized spacial score (nSPS) is 20.6. The number of ether oxygens (including phenoxy) is 1. The highest BCUT2D eigenvalue weighted by atomic mass is 32.2. The van der Waals surface area contributed by atoms with Crippen LogP contribution in [-0.4, -0.2) is 52.7 Å². The highest BCUT2D eigenvalue weighted by molar-refractivity contribution is 7.84. The monoisotopic (exact) mass is 263 g/mol. The summed E-state index contributed by atoms with van der Waals surface area (Å²) in [6, 6.07) is 0. The smallest absolute Gasteiger partial charge is 0.0897 e. The summed E-state index contributed by atoms with van der Waals surface area (Å²) in [6.07, 6.45) is 4.68. The van der Waals surface area contributed by atoms with Crippen molar-refractivity contribution in [2.75, 3.05) is 31.2 Å². The molecule has 2 atom stereocenters. The highest BCUT2D eigenvalue weighted by Gasteiger charge is 2.16. The van der Waals surface area contributed by atoms with Gasteiger partial charge in [-0.15, -0.1) is 0 Å². The predicted octanol–water partition coefficient (Wildman–Crippen LogP) is 0.665. The second-order valence-corrected chi connectivity index (χ2v) is 6.40. The quantitative estimate of drug-likeness (QED) is 0.600. The molecule has 2 unspecified atom stereocenters. The topological polar surface area (TPSA) is 58.6 Å². The molecule has 0 aromatic carbocycles. The van der Waals surface area contributed by atoms with Crippen molar-refractivity contribution in [3.05, 3.63) is 0 Å². The summed E-state index contributed by atoms with van der Waals surface area (Å²) in [5.74, 6) is 1.36. The Morgan fingerprint density at radius 1 is 1.47 bits per heavy atom. The van der Waals surface area contributed by atoms with Crippen LogP contribution in [0.4, 0.5) is 0 Å². The van der Waals surface area contributed by atoms with Gasteiger partial charge in [0.05, 0.1) is 18.8 Å². The summed E-state index contributed by atoms with van der Waals surface area (Å²) < 4.78 is 16.8. The Kier molecular flexibility index (Phi) is 8.01. The van der Waals surface area contributed by atoms with Crippen LogP contribution in [0, 0.1) is 0 Å². The number of aliphatic hydroxyl groups excluding tert-OH is 1. The Labute approximate surface area is 107 Å². The van der Waals surface area contributed by atoms with E-state index < -0.39 is 16.9 Å². The van der Waals surface area contributed by atoms with Crippen molar-refractivity contribution >= 4 is 10.8 Å².